The van der Waals surface area contributed by atoms with Gasteiger partial charge in [-0.15, -0.1) is 0 Å². The highest BCUT2D eigenvalue weighted by Gasteiger charge is 2.14. The number of anilines is 5. The van der Waals surface area contributed by atoms with Gasteiger partial charge < -0.3 is 15.4 Å². The number of benzene rings is 3. The van der Waals surface area contributed by atoms with E-state index in [1.807, 2.05) is 37.3 Å². The molecule has 11 heteroatoms. The molecule has 0 radical (unpaired) electrons. The van der Waals surface area contributed by atoms with Crippen molar-refractivity contribution >= 4 is 38.9 Å². The van der Waals surface area contributed by atoms with Crippen LogP contribution in [0.25, 0.3) is 5.69 Å². The molecule has 0 saturated carbocycles. The van der Waals surface area contributed by atoms with Gasteiger partial charge in [0.1, 0.15) is 11.6 Å². The molecule has 0 aliphatic carbocycles. The third-order valence-corrected chi connectivity index (χ3v) is 6.92. The number of hydrogen-bond donors (Lipinski definition) is 3. The zero-order valence-electron chi connectivity index (χ0n) is 20.7. The van der Waals surface area contributed by atoms with Gasteiger partial charge in [0.05, 0.1) is 17.7 Å². The number of aromatic nitrogens is 4. The van der Waals surface area contributed by atoms with E-state index in [0.717, 1.165) is 22.8 Å². The van der Waals surface area contributed by atoms with E-state index in [0.29, 0.717) is 23.1 Å². The van der Waals surface area contributed by atoms with Gasteiger partial charge in [-0.3, -0.25) is 4.72 Å². The Kier molecular flexibility index (Phi) is 6.92. The third kappa shape index (κ3) is 5.90. The van der Waals surface area contributed by atoms with Crippen LogP contribution in [-0.4, -0.2) is 35.3 Å². The minimum absolute atomic E-state index is 0.153. The van der Waals surface area contributed by atoms with Gasteiger partial charge in [-0.05, 0) is 85.8 Å². The average Bonchev–Trinajstić information content (AvgIpc) is 3.45. The lowest BCUT2D eigenvalue weighted by Gasteiger charge is -2.12. The Labute approximate surface area is 220 Å². The predicted molar refractivity (Wildman–Crippen MR) is 147 cm³/mol. The van der Waals surface area contributed by atoms with Gasteiger partial charge in [-0.1, -0.05) is 0 Å². The Morgan fingerprint density at radius 2 is 1.47 bits per heavy atom. The van der Waals surface area contributed by atoms with Crippen molar-refractivity contribution in [3.8, 4) is 11.4 Å². The molecule has 5 aromatic rings. The first-order chi connectivity index (χ1) is 18.4. The van der Waals surface area contributed by atoms with Crippen LogP contribution in [0.15, 0.2) is 102 Å². The quantitative estimate of drug-likeness (QED) is 0.237. The number of methoxy groups -OCH3 is 1. The zero-order valence-corrected chi connectivity index (χ0v) is 21.5. The maximum atomic E-state index is 12.9. The Morgan fingerprint density at radius 3 is 2.13 bits per heavy atom. The predicted octanol–water partition coefficient (Wildman–Crippen LogP) is 5.27. The Balaban J connectivity index is 1.25. The van der Waals surface area contributed by atoms with E-state index in [9.17, 15) is 8.42 Å². The lowest BCUT2D eigenvalue weighted by Crippen LogP contribution is -2.13. The third-order valence-electron chi connectivity index (χ3n) is 5.53. The van der Waals surface area contributed by atoms with Gasteiger partial charge >= 0.3 is 0 Å². The molecule has 2 heterocycles. The number of rotatable bonds is 9. The van der Waals surface area contributed by atoms with Crippen LogP contribution in [0.4, 0.5) is 28.8 Å². The van der Waals surface area contributed by atoms with E-state index in [-0.39, 0.29) is 4.90 Å². The van der Waals surface area contributed by atoms with Crippen molar-refractivity contribution in [2.45, 2.75) is 11.8 Å². The van der Waals surface area contributed by atoms with Crippen LogP contribution in [0, 0.1) is 6.92 Å². The van der Waals surface area contributed by atoms with E-state index in [1.165, 1.54) is 0 Å². The summed E-state index contributed by atoms with van der Waals surface area (Å²) in [4.78, 5) is 9.13. The molecule has 3 aromatic carbocycles. The second-order valence-electron chi connectivity index (χ2n) is 8.32. The summed E-state index contributed by atoms with van der Waals surface area (Å²) in [5, 5.41) is 10.6. The normalized spacial score (nSPS) is 11.1. The van der Waals surface area contributed by atoms with Gasteiger partial charge in [-0.2, -0.15) is 10.1 Å². The molecule has 5 rings (SSSR count). The highest BCUT2D eigenvalue weighted by atomic mass is 32.2. The van der Waals surface area contributed by atoms with Crippen LogP contribution in [0.3, 0.4) is 0 Å². The second kappa shape index (κ2) is 10.6. The summed E-state index contributed by atoms with van der Waals surface area (Å²) in [7, 11) is -2.13. The van der Waals surface area contributed by atoms with Gasteiger partial charge in [0.25, 0.3) is 10.0 Å². The van der Waals surface area contributed by atoms with Crippen LogP contribution in [-0.2, 0) is 10.0 Å². The standard InChI is InChI=1S/C27H25N7O3S/c1-19-18-26(30-20-8-12-24(37-2)13-9-20)32-27(29-19)31-21-4-6-22(7-5-21)33-38(35,36)25-14-10-23(11-15-25)34-17-3-16-28-34/h3-18,33H,1-2H3,(H2,29,30,31,32). The molecule has 0 aliphatic rings. The fourth-order valence-corrected chi connectivity index (χ4v) is 4.73. The van der Waals surface area contributed by atoms with Crippen molar-refractivity contribution in [2.75, 3.05) is 22.5 Å². The van der Waals surface area contributed by atoms with Crippen molar-refractivity contribution in [2.24, 2.45) is 0 Å². The maximum absolute atomic E-state index is 12.9. The minimum Gasteiger partial charge on any atom is -0.497 e. The van der Waals surface area contributed by atoms with E-state index < -0.39 is 10.0 Å². The van der Waals surface area contributed by atoms with Crippen molar-refractivity contribution in [3.63, 3.8) is 0 Å². The average molecular weight is 528 g/mol. The van der Waals surface area contributed by atoms with Crippen molar-refractivity contribution in [1.82, 2.24) is 19.7 Å². The Hall–Kier alpha value is -4.90. The van der Waals surface area contributed by atoms with Crippen LogP contribution in [0.5, 0.6) is 5.75 Å². The summed E-state index contributed by atoms with van der Waals surface area (Å²) >= 11 is 0. The van der Waals surface area contributed by atoms with Gasteiger partial charge in [0, 0.05) is 41.2 Å². The molecule has 0 aliphatic heterocycles. The zero-order chi connectivity index (χ0) is 26.5. The van der Waals surface area contributed by atoms with E-state index in [4.69, 9.17) is 4.74 Å². The largest absolute Gasteiger partial charge is 0.497 e. The lowest BCUT2D eigenvalue weighted by molar-refractivity contribution is 0.415. The van der Waals surface area contributed by atoms with E-state index in [2.05, 4.69) is 30.4 Å². The summed E-state index contributed by atoms with van der Waals surface area (Å²) in [5.74, 6) is 1.81. The number of nitrogens with zero attached hydrogens (tertiary/aromatic N) is 4. The molecule has 10 nitrogen and oxygen atoms in total. The first kappa shape index (κ1) is 24.8. The lowest BCUT2D eigenvalue weighted by atomic mass is 10.3. The monoisotopic (exact) mass is 527 g/mol. The smallest absolute Gasteiger partial charge is 0.261 e. The van der Waals surface area contributed by atoms with Crippen molar-refractivity contribution < 1.29 is 13.2 Å². The van der Waals surface area contributed by atoms with E-state index >= 15 is 0 Å². The van der Waals surface area contributed by atoms with Crippen LogP contribution in [0.2, 0.25) is 0 Å². The van der Waals surface area contributed by atoms with Crippen LogP contribution >= 0.6 is 0 Å². The summed E-state index contributed by atoms with van der Waals surface area (Å²) in [6.45, 7) is 1.88. The highest BCUT2D eigenvalue weighted by Crippen LogP contribution is 2.23. The van der Waals surface area contributed by atoms with Crippen molar-refractivity contribution in [1.29, 1.82) is 0 Å². The molecular formula is C27H25N7O3S. The number of sulfonamides is 1. The number of ether oxygens (including phenoxy) is 1. The molecule has 192 valence electrons. The molecule has 0 atom stereocenters. The topological polar surface area (TPSA) is 123 Å². The van der Waals surface area contributed by atoms with Gasteiger partial charge in [-0.25, -0.2) is 18.1 Å². The van der Waals surface area contributed by atoms with Gasteiger partial charge in [0.2, 0.25) is 5.95 Å². The molecule has 0 bridgehead atoms. The van der Waals surface area contributed by atoms with E-state index in [1.54, 1.807) is 78.8 Å². The molecule has 0 saturated heterocycles. The summed E-state index contributed by atoms with van der Waals surface area (Å²) < 4.78 is 35.2. The molecule has 0 fully saturated rings. The summed E-state index contributed by atoms with van der Waals surface area (Å²) in [6.07, 6.45) is 3.45. The summed E-state index contributed by atoms with van der Waals surface area (Å²) in [6, 6.07) is 24.5. The number of nitrogens with one attached hydrogen (secondary N) is 3. The molecule has 0 unspecified atom stereocenters. The molecular weight excluding hydrogens is 502 g/mol. The first-order valence-electron chi connectivity index (χ1n) is 11.6. The van der Waals surface area contributed by atoms with Crippen LogP contribution < -0.4 is 20.1 Å². The Bertz CT molecular complexity index is 1620. The summed E-state index contributed by atoms with van der Waals surface area (Å²) in [5.41, 5.74) is 3.55. The van der Waals surface area contributed by atoms with Crippen LogP contribution in [0.1, 0.15) is 5.69 Å². The highest BCUT2D eigenvalue weighted by molar-refractivity contribution is 7.92. The fraction of sp³-hybridized carbons (Fsp3) is 0.0741. The molecule has 2 aromatic heterocycles. The first-order valence-corrected chi connectivity index (χ1v) is 13.1. The number of aryl methyl sites for hydroxylation is 1. The molecule has 3 N–H and O–H groups in total. The number of hydrogen-bond acceptors (Lipinski definition) is 8. The molecule has 0 amide bonds. The fourth-order valence-electron chi connectivity index (χ4n) is 3.68. The van der Waals surface area contributed by atoms with Gasteiger partial charge in [0.15, 0.2) is 0 Å². The SMILES string of the molecule is COc1ccc(Nc2cc(C)nc(Nc3ccc(NS(=O)(=O)c4ccc(-n5cccn5)cc4)cc3)n2)cc1. The second-order valence-corrected chi connectivity index (χ2v) is 10.0. The molecule has 38 heavy (non-hydrogen) atoms. The minimum atomic E-state index is -3.76. The Morgan fingerprint density at radius 1 is 0.816 bits per heavy atom. The molecule has 0 spiro atoms. The maximum Gasteiger partial charge on any atom is 0.261 e. The van der Waals surface area contributed by atoms with Crippen molar-refractivity contribution in [3.05, 3.63) is 103 Å².